The smallest absolute Gasteiger partial charge is 0.0728 e. The lowest BCUT2D eigenvalue weighted by Gasteiger charge is -2.58. The van der Waals surface area contributed by atoms with Gasteiger partial charge >= 0.3 is 0 Å². The molecule has 0 aromatic rings. The van der Waals surface area contributed by atoms with Crippen LogP contribution in [0.2, 0.25) is 0 Å². The molecule has 0 radical (unpaired) electrons. The summed E-state index contributed by atoms with van der Waals surface area (Å²) in [4.78, 5) is 2.62. The van der Waals surface area contributed by atoms with Crippen LogP contribution in [0, 0.1) is 5.41 Å². The van der Waals surface area contributed by atoms with Crippen molar-refractivity contribution in [1.82, 2.24) is 10.2 Å². The van der Waals surface area contributed by atoms with Crippen molar-refractivity contribution in [1.29, 1.82) is 0 Å². The fraction of sp³-hybridized carbons (Fsp3) is 1.00. The zero-order chi connectivity index (χ0) is 10.2. The Balaban J connectivity index is 2.11. The Morgan fingerprint density at radius 2 is 1.71 bits per heavy atom. The summed E-state index contributed by atoms with van der Waals surface area (Å²) < 4.78 is 5.46. The third-order valence-electron chi connectivity index (χ3n) is 3.80. The van der Waals surface area contributed by atoms with Gasteiger partial charge in [0.15, 0.2) is 0 Å². The van der Waals surface area contributed by atoms with E-state index in [4.69, 9.17) is 4.74 Å². The standard InChI is InChI=1S/C11H22N2O/c1-10(2,3)11(8-14-9-11)13-6-4-12-5-7-13/h12H,4-9H2,1-3H3. The molecule has 0 bridgehead atoms. The molecule has 0 aromatic heterocycles. The van der Waals surface area contributed by atoms with Crippen molar-refractivity contribution in [3.8, 4) is 0 Å². The van der Waals surface area contributed by atoms with Crippen LogP contribution < -0.4 is 5.32 Å². The third kappa shape index (κ3) is 1.47. The molecule has 1 N–H and O–H groups in total. The summed E-state index contributed by atoms with van der Waals surface area (Å²) in [6, 6.07) is 0. The van der Waals surface area contributed by atoms with E-state index < -0.39 is 0 Å². The largest absolute Gasteiger partial charge is 0.377 e. The lowest BCUT2D eigenvalue weighted by Crippen LogP contribution is -2.71. The molecule has 2 rings (SSSR count). The Kier molecular flexibility index (Phi) is 2.58. The number of nitrogens with zero attached hydrogens (tertiary/aromatic N) is 1. The van der Waals surface area contributed by atoms with E-state index in [2.05, 4.69) is 31.0 Å². The van der Waals surface area contributed by atoms with E-state index in [1.807, 2.05) is 0 Å². The molecule has 0 atom stereocenters. The molecule has 0 spiro atoms. The highest BCUT2D eigenvalue weighted by atomic mass is 16.5. The number of hydrogen-bond acceptors (Lipinski definition) is 3. The molecule has 0 aromatic carbocycles. The minimum Gasteiger partial charge on any atom is -0.377 e. The van der Waals surface area contributed by atoms with Crippen LogP contribution in [0.1, 0.15) is 20.8 Å². The van der Waals surface area contributed by atoms with Gasteiger partial charge in [0.1, 0.15) is 0 Å². The van der Waals surface area contributed by atoms with Gasteiger partial charge in [0, 0.05) is 26.2 Å². The molecule has 3 heteroatoms. The minimum atomic E-state index is 0.301. The summed E-state index contributed by atoms with van der Waals surface area (Å²) in [6.07, 6.45) is 0. The highest BCUT2D eigenvalue weighted by Gasteiger charge is 2.52. The second-order valence-corrected chi connectivity index (χ2v) is 5.51. The third-order valence-corrected chi connectivity index (χ3v) is 3.80. The summed E-state index contributed by atoms with van der Waals surface area (Å²) >= 11 is 0. The van der Waals surface area contributed by atoms with Gasteiger partial charge in [-0.25, -0.2) is 0 Å². The van der Waals surface area contributed by atoms with Crippen molar-refractivity contribution in [2.45, 2.75) is 26.3 Å². The van der Waals surface area contributed by atoms with Crippen molar-refractivity contribution in [3.63, 3.8) is 0 Å². The molecule has 82 valence electrons. The van der Waals surface area contributed by atoms with Gasteiger partial charge in [0.05, 0.1) is 18.8 Å². The summed E-state index contributed by atoms with van der Waals surface area (Å²) in [5.41, 5.74) is 0.623. The van der Waals surface area contributed by atoms with Gasteiger partial charge < -0.3 is 10.1 Å². The van der Waals surface area contributed by atoms with Gasteiger partial charge in [-0.1, -0.05) is 20.8 Å². The van der Waals surface area contributed by atoms with Crippen LogP contribution in [-0.2, 0) is 4.74 Å². The number of piperazine rings is 1. The minimum absolute atomic E-state index is 0.301. The maximum absolute atomic E-state index is 5.46. The first-order chi connectivity index (χ1) is 6.56. The van der Waals surface area contributed by atoms with Crippen LogP contribution in [0.15, 0.2) is 0 Å². The monoisotopic (exact) mass is 198 g/mol. The molecule has 2 aliphatic rings. The lowest BCUT2D eigenvalue weighted by molar-refractivity contribution is -0.192. The molecule has 2 fully saturated rings. The Morgan fingerprint density at radius 1 is 1.14 bits per heavy atom. The summed E-state index contributed by atoms with van der Waals surface area (Å²) in [5, 5.41) is 3.40. The van der Waals surface area contributed by atoms with E-state index in [9.17, 15) is 0 Å². The fourth-order valence-corrected chi connectivity index (χ4v) is 2.48. The Labute approximate surface area is 86.8 Å². The first-order valence-electron chi connectivity index (χ1n) is 5.60. The van der Waals surface area contributed by atoms with E-state index in [1.165, 1.54) is 13.1 Å². The Bertz CT molecular complexity index is 200. The topological polar surface area (TPSA) is 24.5 Å². The SMILES string of the molecule is CC(C)(C)C1(N2CCNCC2)COC1. The predicted molar refractivity (Wildman–Crippen MR) is 57.4 cm³/mol. The van der Waals surface area contributed by atoms with Crippen molar-refractivity contribution in [2.24, 2.45) is 5.41 Å². The second kappa shape index (κ2) is 3.47. The van der Waals surface area contributed by atoms with Crippen molar-refractivity contribution >= 4 is 0 Å². The molecular formula is C11H22N2O. The molecule has 0 aliphatic carbocycles. The number of hydrogen-bond donors (Lipinski definition) is 1. The van der Waals surface area contributed by atoms with Crippen molar-refractivity contribution in [2.75, 3.05) is 39.4 Å². The van der Waals surface area contributed by atoms with Gasteiger partial charge in [0.25, 0.3) is 0 Å². The molecule has 2 aliphatic heterocycles. The van der Waals surface area contributed by atoms with Gasteiger partial charge in [-0.15, -0.1) is 0 Å². The summed E-state index contributed by atoms with van der Waals surface area (Å²) in [7, 11) is 0. The zero-order valence-corrected chi connectivity index (χ0v) is 9.60. The van der Waals surface area contributed by atoms with Gasteiger partial charge in [-0.05, 0) is 5.41 Å². The number of nitrogens with one attached hydrogen (secondary N) is 1. The summed E-state index contributed by atoms with van der Waals surface area (Å²) in [6.45, 7) is 13.4. The van der Waals surface area contributed by atoms with Crippen LogP contribution in [0.25, 0.3) is 0 Å². The molecule has 2 saturated heterocycles. The van der Waals surface area contributed by atoms with E-state index in [-0.39, 0.29) is 0 Å². The van der Waals surface area contributed by atoms with Crippen LogP contribution in [-0.4, -0.2) is 49.8 Å². The summed E-state index contributed by atoms with van der Waals surface area (Å²) in [5.74, 6) is 0. The van der Waals surface area contributed by atoms with Crippen molar-refractivity contribution in [3.05, 3.63) is 0 Å². The van der Waals surface area contributed by atoms with Crippen LogP contribution >= 0.6 is 0 Å². The second-order valence-electron chi connectivity index (χ2n) is 5.51. The average Bonchev–Trinajstić information content (AvgIpc) is 2.01. The zero-order valence-electron chi connectivity index (χ0n) is 9.60. The lowest BCUT2D eigenvalue weighted by atomic mass is 9.70. The maximum atomic E-state index is 5.46. The van der Waals surface area contributed by atoms with Crippen molar-refractivity contribution < 1.29 is 4.74 Å². The number of ether oxygens (including phenoxy) is 1. The maximum Gasteiger partial charge on any atom is 0.0728 e. The quantitative estimate of drug-likeness (QED) is 0.671. The Hall–Kier alpha value is -0.120. The number of rotatable bonds is 1. The molecule has 14 heavy (non-hydrogen) atoms. The van der Waals surface area contributed by atoms with E-state index >= 15 is 0 Å². The van der Waals surface area contributed by atoms with Gasteiger partial charge in [-0.2, -0.15) is 0 Å². The molecule has 3 nitrogen and oxygen atoms in total. The predicted octanol–water partition coefficient (Wildman–Crippen LogP) is 0.707. The first-order valence-corrected chi connectivity index (χ1v) is 5.60. The van der Waals surface area contributed by atoms with E-state index in [1.54, 1.807) is 0 Å². The van der Waals surface area contributed by atoms with Crippen LogP contribution in [0.3, 0.4) is 0 Å². The highest BCUT2D eigenvalue weighted by molar-refractivity contribution is 5.05. The molecule has 0 amide bonds. The fourth-order valence-electron chi connectivity index (χ4n) is 2.48. The van der Waals surface area contributed by atoms with Gasteiger partial charge in [-0.3, -0.25) is 4.90 Å². The first kappa shape index (κ1) is 10.4. The highest BCUT2D eigenvalue weighted by Crippen LogP contribution is 2.41. The van der Waals surface area contributed by atoms with E-state index in [0.29, 0.717) is 11.0 Å². The molecular weight excluding hydrogens is 176 g/mol. The normalized spacial score (nSPS) is 28.5. The molecule has 0 saturated carbocycles. The van der Waals surface area contributed by atoms with E-state index in [0.717, 1.165) is 26.3 Å². The molecule has 2 heterocycles. The van der Waals surface area contributed by atoms with Crippen LogP contribution in [0.5, 0.6) is 0 Å². The van der Waals surface area contributed by atoms with Crippen LogP contribution in [0.4, 0.5) is 0 Å². The Morgan fingerprint density at radius 3 is 2.07 bits per heavy atom. The average molecular weight is 198 g/mol. The molecule has 0 unspecified atom stereocenters. The van der Waals surface area contributed by atoms with Gasteiger partial charge in [0.2, 0.25) is 0 Å².